The predicted molar refractivity (Wildman–Crippen MR) is 101 cm³/mol. The largest absolute Gasteiger partial charge is 0.485 e. The highest BCUT2D eigenvalue weighted by Gasteiger charge is 2.16. The van der Waals surface area contributed by atoms with Crippen molar-refractivity contribution in [2.75, 3.05) is 0 Å². The second kappa shape index (κ2) is 9.96. The van der Waals surface area contributed by atoms with Crippen molar-refractivity contribution in [1.29, 1.82) is 0 Å². The van der Waals surface area contributed by atoms with Crippen LogP contribution in [0.3, 0.4) is 0 Å². The lowest BCUT2D eigenvalue weighted by atomic mass is 10.3. The lowest BCUT2D eigenvalue weighted by Crippen LogP contribution is -2.48. The van der Waals surface area contributed by atoms with Gasteiger partial charge in [0.15, 0.2) is 12.7 Å². The average molecular weight is 414 g/mol. The Morgan fingerprint density at radius 2 is 1.80 bits per heavy atom. The Morgan fingerprint density at radius 3 is 2.53 bits per heavy atom. The van der Waals surface area contributed by atoms with E-state index in [1.54, 1.807) is 12.1 Å². The van der Waals surface area contributed by atoms with Gasteiger partial charge in [-0.15, -0.1) is 10.2 Å². The molecule has 1 atom stereocenters. The van der Waals surface area contributed by atoms with Gasteiger partial charge in [0, 0.05) is 0 Å². The lowest BCUT2D eigenvalue weighted by molar-refractivity contribution is -0.133. The van der Waals surface area contributed by atoms with E-state index in [0.717, 1.165) is 4.80 Å². The van der Waals surface area contributed by atoms with Gasteiger partial charge in [-0.2, -0.15) is 4.80 Å². The molecule has 10 nitrogen and oxygen atoms in total. The topological polar surface area (TPSA) is 120 Å². The van der Waals surface area contributed by atoms with Gasteiger partial charge >= 0.3 is 0 Å². The highest BCUT2D eigenvalue weighted by Crippen LogP contribution is 2.13. The Hall–Kier alpha value is -4.02. The van der Waals surface area contributed by atoms with E-state index in [1.165, 1.54) is 31.2 Å². The first-order valence-corrected chi connectivity index (χ1v) is 8.95. The first-order chi connectivity index (χ1) is 14.5. The van der Waals surface area contributed by atoms with Gasteiger partial charge in [-0.05, 0) is 48.5 Å². The zero-order valence-corrected chi connectivity index (χ0v) is 16.0. The zero-order chi connectivity index (χ0) is 21.3. The third kappa shape index (κ3) is 6.26. The van der Waals surface area contributed by atoms with Crippen LogP contribution in [0.15, 0.2) is 54.6 Å². The Kier molecular flexibility index (Phi) is 6.87. The number of nitrogens with zero attached hydrogens (tertiary/aromatic N) is 4. The van der Waals surface area contributed by atoms with Crippen molar-refractivity contribution in [3.63, 3.8) is 0 Å². The smallest absolute Gasteiger partial charge is 0.279 e. The number of amides is 2. The number of para-hydroxylation sites is 1. The van der Waals surface area contributed by atoms with Gasteiger partial charge in [0.25, 0.3) is 11.8 Å². The van der Waals surface area contributed by atoms with E-state index < -0.39 is 23.7 Å². The average Bonchev–Trinajstić information content (AvgIpc) is 3.20. The summed E-state index contributed by atoms with van der Waals surface area (Å²) < 4.78 is 23.8. The molecule has 0 saturated heterocycles. The summed E-state index contributed by atoms with van der Waals surface area (Å²) in [7, 11) is 0. The van der Waals surface area contributed by atoms with E-state index in [0.29, 0.717) is 17.3 Å². The van der Waals surface area contributed by atoms with Crippen molar-refractivity contribution in [3.8, 4) is 11.5 Å². The summed E-state index contributed by atoms with van der Waals surface area (Å²) in [6.45, 7) is 1.33. The summed E-state index contributed by atoms with van der Waals surface area (Å²) in [5, 5.41) is 11.6. The van der Waals surface area contributed by atoms with Crippen LogP contribution in [0.1, 0.15) is 12.7 Å². The molecular weight excluding hydrogens is 395 g/mol. The molecule has 0 aliphatic heterocycles. The number of hydrazine groups is 1. The number of carbonyl (C=O) groups excluding carboxylic acids is 2. The molecule has 0 radical (unpaired) electrons. The quantitative estimate of drug-likeness (QED) is 0.528. The minimum atomic E-state index is -0.915. The lowest BCUT2D eigenvalue weighted by Gasteiger charge is -2.15. The predicted octanol–water partition coefficient (Wildman–Crippen LogP) is 1.01. The van der Waals surface area contributed by atoms with Gasteiger partial charge in [0.1, 0.15) is 23.9 Å². The summed E-state index contributed by atoms with van der Waals surface area (Å²) in [4.78, 5) is 25.0. The second-order valence-electron chi connectivity index (χ2n) is 6.09. The molecule has 2 aromatic carbocycles. The van der Waals surface area contributed by atoms with Crippen LogP contribution in [0.5, 0.6) is 11.5 Å². The summed E-state index contributed by atoms with van der Waals surface area (Å²) in [6, 6.07) is 14.4. The Labute approximate surface area is 171 Å². The van der Waals surface area contributed by atoms with Crippen LogP contribution in [-0.2, 0) is 22.7 Å². The molecule has 2 amide bonds. The first kappa shape index (κ1) is 20.7. The fraction of sp³-hybridized carbons (Fsp3) is 0.211. The van der Waals surface area contributed by atoms with Crippen molar-refractivity contribution >= 4 is 11.8 Å². The van der Waals surface area contributed by atoms with Gasteiger partial charge in [-0.1, -0.05) is 18.2 Å². The fourth-order valence-electron chi connectivity index (χ4n) is 2.24. The van der Waals surface area contributed by atoms with Crippen LogP contribution in [-0.4, -0.2) is 38.1 Å². The number of nitrogens with one attached hydrogen (secondary N) is 2. The molecule has 0 fully saturated rings. The van der Waals surface area contributed by atoms with E-state index in [2.05, 4.69) is 26.3 Å². The van der Waals surface area contributed by atoms with Gasteiger partial charge in [-0.25, -0.2) is 4.39 Å². The van der Waals surface area contributed by atoms with Crippen molar-refractivity contribution in [1.82, 2.24) is 31.1 Å². The molecule has 11 heteroatoms. The third-order valence-corrected chi connectivity index (χ3v) is 3.71. The summed E-state index contributed by atoms with van der Waals surface area (Å²) in [5.74, 6) is -0.282. The van der Waals surface area contributed by atoms with E-state index in [1.807, 2.05) is 18.2 Å². The number of carbonyl (C=O) groups is 2. The SMILES string of the molecule is C[C@@H](Oc1ccc(F)cc1)C(=O)NNC(=O)Cn1nnc(COc2ccccc2)n1. The molecule has 1 aromatic heterocycles. The summed E-state index contributed by atoms with van der Waals surface area (Å²) in [6.07, 6.45) is -0.915. The molecule has 0 unspecified atom stereocenters. The van der Waals surface area contributed by atoms with Crippen LogP contribution in [0.25, 0.3) is 0 Å². The van der Waals surface area contributed by atoms with Crippen LogP contribution in [0.2, 0.25) is 0 Å². The highest BCUT2D eigenvalue weighted by molar-refractivity contribution is 5.84. The third-order valence-electron chi connectivity index (χ3n) is 3.71. The minimum Gasteiger partial charge on any atom is -0.485 e. The number of rotatable bonds is 8. The zero-order valence-electron chi connectivity index (χ0n) is 16.0. The van der Waals surface area contributed by atoms with Crippen LogP contribution in [0.4, 0.5) is 4.39 Å². The second-order valence-corrected chi connectivity index (χ2v) is 6.09. The van der Waals surface area contributed by atoms with Crippen molar-refractivity contribution in [2.24, 2.45) is 0 Å². The van der Waals surface area contributed by atoms with Crippen molar-refractivity contribution < 1.29 is 23.5 Å². The van der Waals surface area contributed by atoms with E-state index >= 15 is 0 Å². The molecule has 0 aliphatic rings. The first-order valence-electron chi connectivity index (χ1n) is 8.95. The number of hydrogen-bond acceptors (Lipinski definition) is 7. The van der Waals surface area contributed by atoms with E-state index in [4.69, 9.17) is 9.47 Å². The van der Waals surface area contributed by atoms with E-state index in [-0.39, 0.29) is 13.2 Å². The van der Waals surface area contributed by atoms with Crippen LogP contribution >= 0.6 is 0 Å². The van der Waals surface area contributed by atoms with Crippen LogP contribution in [0, 0.1) is 5.82 Å². The van der Waals surface area contributed by atoms with E-state index in [9.17, 15) is 14.0 Å². The molecule has 30 heavy (non-hydrogen) atoms. The van der Waals surface area contributed by atoms with Gasteiger partial charge in [0.05, 0.1) is 0 Å². The Bertz CT molecular complexity index is 980. The maximum Gasteiger partial charge on any atom is 0.279 e. The number of ether oxygens (including phenoxy) is 2. The maximum atomic E-state index is 12.9. The maximum absolute atomic E-state index is 12.9. The standard InChI is InChI=1S/C19H19FN6O4/c1-13(30-16-9-7-14(20)8-10-16)19(28)23-22-18(27)11-26-24-17(21-25-26)12-29-15-5-3-2-4-6-15/h2-10,13H,11-12H2,1H3,(H,22,27)(H,23,28)/t13-/m1/s1. The molecule has 3 rings (SSSR count). The molecule has 2 N–H and O–H groups in total. The number of aromatic nitrogens is 4. The Balaban J connectivity index is 1.40. The molecule has 0 spiro atoms. The number of hydrogen-bond donors (Lipinski definition) is 2. The van der Waals surface area contributed by atoms with Crippen molar-refractivity contribution in [2.45, 2.75) is 26.2 Å². The summed E-state index contributed by atoms with van der Waals surface area (Å²) in [5.41, 5.74) is 4.47. The molecule has 0 aliphatic carbocycles. The van der Waals surface area contributed by atoms with Gasteiger partial charge in [-0.3, -0.25) is 20.4 Å². The Morgan fingerprint density at radius 1 is 1.07 bits per heavy atom. The number of halogens is 1. The molecule has 156 valence electrons. The van der Waals surface area contributed by atoms with Crippen LogP contribution < -0.4 is 20.3 Å². The molecule has 3 aromatic rings. The number of benzene rings is 2. The fourth-order valence-corrected chi connectivity index (χ4v) is 2.24. The summed E-state index contributed by atoms with van der Waals surface area (Å²) >= 11 is 0. The highest BCUT2D eigenvalue weighted by atomic mass is 19.1. The molecule has 1 heterocycles. The van der Waals surface area contributed by atoms with Gasteiger partial charge in [0.2, 0.25) is 5.82 Å². The normalized spacial score (nSPS) is 11.4. The molecule has 0 saturated carbocycles. The minimum absolute atomic E-state index is 0.0978. The monoisotopic (exact) mass is 414 g/mol. The van der Waals surface area contributed by atoms with Gasteiger partial charge < -0.3 is 9.47 Å². The van der Waals surface area contributed by atoms with Crippen molar-refractivity contribution in [3.05, 3.63) is 66.2 Å². The molecular formula is C19H19FN6O4. The number of tetrazole rings is 1. The molecule has 0 bridgehead atoms.